The van der Waals surface area contributed by atoms with Crippen LogP contribution in [-0.4, -0.2) is 42.7 Å². The van der Waals surface area contributed by atoms with Crippen LogP contribution in [0, 0.1) is 0 Å². The fourth-order valence-corrected chi connectivity index (χ4v) is 4.49. The molecule has 0 fully saturated rings. The van der Waals surface area contributed by atoms with Crippen molar-refractivity contribution in [3.8, 4) is 0 Å². The third kappa shape index (κ3) is 6.49. The number of aromatic carboxylic acids is 1. The molecular formula is C12H14BrNO5S2. The Kier molecular flexibility index (Phi) is 6.69. The fraction of sp³-hybridized carbons (Fsp3) is 0.333. The molecule has 0 aliphatic rings. The van der Waals surface area contributed by atoms with E-state index in [1.54, 1.807) is 12.1 Å². The second-order valence-electron chi connectivity index (χ2n) is 4.16. The van der Waals surface area contributed by atoms with Gasteiger partial charge in [0.2, 0.25) is 5.91 Å². The van der Waals surface area contributed by atoms with Gasteiger partial charge in [-0.25, -0.2) is 13.2 Å². The smallest absolute Gasteiger partial charge is 0.336 e. The Balaban J connectivity index is 2.58. The van der Waals surface area contributed by atoms with E-state index >= 15 is 0 Å². The van der Waals surface area contributed by atoms with Crippen molar-refractivity contribution < 1.29 is 23.1 Å². The van der Waals surface area contributed by atoms with Crippen LogP contribution in [-0.2, 0) is 14.6 Å². The van der Waals surface area contributed by atoms with Crippen molar-refractivity contribution in [2.45, 2.75) is 11.3 Å². The molecule has 1 aromatic rings. The molecule has 0 atom stereocenters. The van der Waals surface area contributed by atoms with Crippen molar-refractivity contribution in [2.24, 2.45) is 5.73 Å². The third-order valence-electron chi connectivity index (χ3n) is 2.49. The molecule has 0 aromatic heterocycles. The predicted molar refractivity (Wildman–Crippen MR) is 84.3 cm³/mol. The maximum atomic E-state index is 11.6. The molecule has 0 radical (unpaired) electrons. The molecule has 3 N–H and O–H groups in total. The van der Waals surface area contributed by atoms with E-state index < -0.39 is 21.7 Å². The molecule has 1 amide bonds. The molecular weight excluding hydrogens is 382 g/mol. The summed E-state index contributed by atoms with van der Waals surface area (Å²) in [6, 6.07) is 4.79. The zero-order chi connectivity index (χ0) is 16.0. The SMILES string of the molecule is NC(=O)CCS(=O)(=O)CCSc1ccc(Br)c(C(=O)O)c1. The lowest BCUT2D eigenvalue weighted by Gasteiger charge is -2.05. The first kappa shape index (κ1) is 18.0. The number of carbonyl (C=O) groups excluding carboxylic acids is 1. The minimum absolute atomic E-state index is 0.0938. The lowest BCUT2D eigenvalue weighted by molar-refractivity contribution is -0.117. The molecule has 0 aliphatic heterocycles. The number of hydrogen-bond acceptors (Lipinski definition) is 5. The molecule has 1 aromatic carbocycles. The molecule has 21 heavy (non-hydrogen) atoms. The van der Waals surface area contributed by atoms with E-state index in [-0.39, 0.29) is 29.2 Å². The Hall–Kier alpha value is -1.06. The number of primary amides is 1. The van der Waals surface area contributed by atoms with Gasteiger partial charge in [0.15, 0.2) is 9.84 Å². The van der Waals surface area contributed by atoms with E-state index in [1.165, 1.54) is 17.8 Å². The number of rotatable bonds is 8. The van der Waals surface area contributed by atoms with Crippen LogP contribution >= 0.6 is 27.7 Å². The molecule has 0 saturated carbocycles. The Morgan fingerprint density at radius 3 is 2.52 bits per heavy atom. The van der Waals surface area contributed by atoms with Crippen molar-refractivity contribution in [1.82, 2.24) is 0 Å². The molecule has 9 heteroatoms. The Morgan fingerprint density at radius 2 is 1.95 bits per heavy atom. The van der Waals surface area contributed by atoms with Crippen molar-refractivity contribution in [3.63, 3.8) is 0 Å². The summed E-state index contributed by atoms with van der Waals surface area (Å²) in [5.41, 5.74) is 5.03. The van der Waals surface area contributed by atoms with Gasteiger partial charge in [-0.3, -0.25) is 4.79 Å². The molecule has 0 aliphatic carbocycles. The summed E-state index contributed by atoms with van der Waals surface area (Å²) in [4.78, 5) is 22.2. The minimum atomic E-state index is -3.33. The zero-order valence-corrected chi connectivity index (χ0v) is 14.1. The number of hydrogen-bond donors (Lipinski definition) is 2. The number of carboxylic acid groups (broad SMARTS) is 1. The predicted octanol–water partition coefficient (Wildman–Crippen LogP) is 1.53. The average Bonchev–Trinajstić information content (AvgIpc) is 2.38. The van der Waals surface area contributed by atoms with Crippen molar-refractivity contribution >= 4 is 49.4 Å². The van der Waals surface area contributed by atoms with Crippen LogP contribution in [0.15, 0.2) is 27.6 Å². The van der Waals surface area contributed by atoms with Crippen molar-refractivity contribution in [2.75, 3.05) is 17.3 Å². The molecule has 0 spiro atoms. The topological polar surface area (TPSA) is 115 Å². The normalized spacial score (nSPS) is 11.3. The van der Waals surface area contributed by atoms with Gasteiger partial charge in [-0.2, -0.15) is 0 Å². The number of amides is 1. The van der Waals surface area contributed by atoms with E-state index in [4.69, 9.17) is 10.8 Å². The van der Waals surface area contributed by atoms with Crippen LogP contribution in [0.25, 0.3) is 0 Å². The highest BCUT2D eigenvalue weighted by atomic mass is 79.9. The van der Waals surface area contributed by atoms with Gasteiger partial charge in [0.25, 0.3) is 0 Å². The number of carboxylic acids is 1. The van der Waals surface area contributed by atoms with E-state index in [9.17, 15) is 18.0 Å². The summed E-state index contributed by atoms with van der Waals surface area (Å²) in [5.74, 6) is -1.78. The number of nitrogens with two attached hydrogens (primary N) is 1. The largest absolute Gasteiger partial charge is 0.478 e. The number of halogens is 1. The summed E-state index contributed by atoms with van der Waals surface area (Å²) < 4.78 is 23.7. The lowest BCUT2D eigenvalue weighted by atomic mass is 10.2. The van der Waals surface area contributed by atoms with Crippen LogP contribution in [0.4, 0.5) is 0 Å². The Labute approximate surface area is 135 Å². The number of benzene rings is 1. The first-order valence-electron chi connectivity index (χ1n) is 5.85. The minimum Gasteiger partial charge on any atom is -0.478 e. The highest BCUT2D eigenvalue weighted by Gasteiger charge is 2.13. The maximum absolute atomic E-state index is 11.6. The summed E-state index contributed by atoms with van der Waals surface area (Å²) in [5, 5.41) is 8.99. The van der Waals surface area contributed by atoms with Gasteiger partial charge in [0, 0.05) is 21.5 Å². The fourth-order valence-electron chi connectivity index (χ4n) is 1.40. The van der Waals surface area contributed by atoms with Gasteiger partial charge in [-0.15, -0.1) is 11.8 Å². The van der Waals surface area contributed by atoms with Crippen molar-refractivity contribution in [1.29, 1.82) is 0 Å². The second-order valence-corrected chi connectivity index (χ2v) is 8.49. The van der Waals surface area contributed by atoms with Crippen LogP contribution in [0.2, 0.25) is 0 Å². The lowest BCUT2D eigenvalue weighted by Crippen LogP contribution is -2.19. The first-order valence-corrected chi connectivity index (χ1v) is 9.45. The monoisotopic (exact) mass is 395 g/mol. The van der Waals surface area contributed by atoms with Gasteiger partial charge in [-0.1, -0.05) is 0 Å². The summed E-state index contributed by atoms with van der Waals surface area (Å²) in [6.45, 7) is 0. The van der Waals surface area contributed by atoms with Gasteiger partial charge in [0.05, 0.1) is 17.1 Å². The Morgan fingerprint density at radius 1 is 1.29 bits per heavy atom. The standard InChI is InChI=1S/C12H14BrNO5S2/c13-10-2-1-8(7-9(10)12(16)17)20-4-6-21(18,19)5-3-11(14)15/h1-2,7H,3-6H2,(H2,14,15)(H,16,17). The van der Waals surface area contributed by atoms with E-state index in [0.29, 0.717) is 9.37 Å². The quantitative estimate of drug-likeness (QED) is 0.644. The van der Waals surface area contributed by atoms with Crippen LogP contribution in [0.1, 0.15) is 16.8 Å². The maximum Gasteiger partial charge on any atom is 0.336 e. The summed E-state index contributed by atoms with van der Waals surface area (Å²) in [7, 11) is -3.33. The summed E-state index contributed by atoms with van der Waals surface area (Å²) >= 11 is 4.38. The van der Waals surface area contributed by atoms with Crippen LogP contribution in [0.3, 0.4) is 0 Å². The molecule has 6 nitrogen and oxygen atoms in total. The van der Waals surface area contributed by atoms with Gasteiger partial charge < -0.3 is 10.8 Å². The molecule has 0 unspecified atom stereocenters. The van der Waals surface area contributed by atoms with Crippen LogP contribution in [0.5, 0.6) is 0 Å². The summed E-state index contributed by atoms with van der Waals surface area (Å²) in [6.07, 6.45) is -0.186. The van der Waals surface area contributed by atoms with Gasteiger partial charge in [-0.05, 0) is 34.1 Å². The third-order valence-corrected chi connectivity index (χ3v) is 6.09. The van der Waals surface area contributed by atoms with Gasteiger partial charge in [0.1, 0.15) is 0 Å². The second kappa shape index (κ2) is 7.81. The molecule has 0 saturated heterocycles. The molecule has 116 valence electrons. The van der Waals surface area contributed by atoms with E-state index in [1.807, 2.05) is 0 Å². The highest BCUT2D eigenvalue weighted by molar-refractivity contribution is 9.10. The van der Waals surface area contributed by atoms with E-state index in [0.717, 1.165) is 0 Å². The number of thioether (sulfide) groups is 1. The van der Waals surface area contributed by atoms with Gasteiger partial charge >= 0.3 is 5.97 Å². The molecule has 0 heterocycles. The van der Waals surface area contributed by atoms with Crippen molar-refractivity contribution in [3.05, 3.63) is 28.2 Å². The molecule has 1 rings (SSSR count). The highest BCUT2D eigenvalue weighted by Crippen LogP contribution is 2.25. The average molecular weight is 396 g/mol. The molecule has 0 bridgehead atoms. The Bertz CT molecular complexity index is 645. The zero-order valence-electron chi connectivity index (χ0n) is 10.9. The number of sulfone groups is 1. The number of carbonyl (C=O) groups is 2. The van der Waals surface area contributed by atoms with Crippen LogP contribution < -0.4 is 5.73 Å². The first-order chi connectivity index (χ1) is 9.71. The van der Waals surface area contributed by atoms with E-state index in [2.05, 4.69) is 15.9 Å².